The van der Waals surface area contributed by atoms with Crippen LogP contribution in [0.1, 0.15) is 5.56 Å². The first-order valence-electron chi connectivity index (χ1n) is 5.95. The Hall–Kier alpha value is -1.98. The quantitative estimate of drug-likeness (QED) is 0.290. The first-order chi connectivity index (χ1) is 9.27. The van der Waals surface area contributed by atoms with Crippen molar-refractivity contribution in [2.24, 2.45) is 10.8 Å². The number of nitrogens with zero attached hydrogens (tertiary/aromatic N) is 1. The van der Waals surface area contributed by atoms with Gasteiger partial charge in [0.15, 0.2) is 0 Å². The van der Waals surface area contributed by atoms with Crippen LogP contribution in [0.4, 0.5) is 4.39 Å². The van der Waals surface area contributed by atoms with Gasteiger partial charge >= 0.3 is 0 Å². The van der Waals surface area contributed by atoms with Crippen LogP contribution in [0.15, 0.2) is 41.4 Å². The van der Waals surface area contributed by atoms with E-state index in [0.717, 1.165) is 10.9 Å². The summed E-state index contributed by atoms with van der Waals surface area (Å²) < 4.78 is 18.7. The van der Waals surface area contributed by atoms with Crippen LogP contribution in [0.5, 0.6) is 0 Å². The molecule has 2 rings (SSSR count). The minimum Gasteiger partial charge on any atom is -0.383 e. The number of ether oxygens (including phenoxy) is 1. The molecule has 0 aliphatic rings. The normalized spacial score (nSPS) is 11.8. The number of hydrazine groups is 1. The number of fused-ring (bicyclic) bond motifs is 1. The first kappa shape index (κ1) is 13.5. The Kier molecular flexibility index (Phi) is 4.43. The Morgan fingerprint density at radius 1 is 1.26 bits per heavy atom. The zero-order valence-corrected chi connectivity index (χ0v) is 10.7. The fraction of sp³-hybridized carbons (Fsp3) is 0.214. The van der Waals surface area contributed by atoms with Gasteiger partial charge in [-0.2, -0.15) is 0 Å². The molecule has 0 aliphatic heterocycles. The Bertz CT molecular complexity index is 598. The Balaban J connectivity index is 2.49. The van der Waals surface area contributed by atoms with Crippen LogP contribution in [0.25, 0.3) is 10.8 Å². The maximum absolute atomic E-state index is 13.7. The predicted octanol–water partition coefficient (Wildman–Crippen LogP) is 1.84. The van der Waals surface area contributed by atoms with Crippen molar-refractivity contribution in [2.45, 2.75) is 0 Å². The summed E-state index contributed by atoms with van der Waals surface area (Å²) in [5.41, 5.74) is 3.33. The summed E-state index contributed by atoms with van der Waals surface area (Å²) in [4.78, 5) is 4.32. The molecule has 19 heavy (non-hydrogen) atoms. The van der Waals surface area contributed by atoms with E-state index in [2.05, 4.69) is 10.4 Å². The molecule has 0 fully saturated rings. The lowest BCUT2D eigenvalue weighted by atomic mass is 10.0. The van der Waals surface area contributed by atoms with Gasteiger partial charge in [0.2, 0.25) is 0 Å². The monoisotopic (exact) mass is 261 g/mol. The van der Waals surface area contributed by atoms with Crippen LogP contribution in [-0.4, -0.2) is 26.1 Å². The number of hydrogen-bond acceptors (Lipinski definition) is 3. The molecule has 0 aromatic heterocycles. The maximum Gasteiger partial charge on any atom is 0.143 e. The van der Waals surface area contributed by atoms with Crippen LogP contribution in [0.2, 0.25) is 0 Å². The minimum absolute atomic E-state index is 0.257. The summed E-state index contributed by atoms with van der Waals surface area (Å²) in [5, 5.41) is 1.33. The molecule has 3 N–H and O–H groups in total. The molecule has 0 aliphatic carbocycles. The van der Waals surface area contributed by atoms with Crippen molar-refractivity contribution in [1.82, 2.24) is 5.43 Å². The van der Waals surface area contributed by atoms with Crippen molar-refractivity contribution in [3.63, 3.8) is 0 Å². The van der Waals surface area contributed by atoms with Gasteiger partial charge in [-0.3, -0.25) is 4.99 Å². The first-order valence-corrected chi connectivity index (χ1v) is 5.95. The number of aliphatic imine (C=N–C) groups is 1. The van der Waals surface area contributed by atoms with Crippen LogP contribution < -0.4 is 11.3 Å². The molecule has 0 atom stereocenters. The van der Waals surface area contributed by atoms with Crippen molar-refractivity contribution in [3.8, 4) is 0 Å². The molecular formula is C14H16FN3O. The highest BCUT2D eigenvalue weighted by atomic mass is 19.1. The number of rotatable bonds is 4. The molecule has 0 spiro atoms. The number of hydrogen-bond donors (Lipinski definition) is 2. The van der Waals surface area contributed by atoms with E-state index in [-0.39, 0.29) is 5.82 Å². The van der Waals surface area contributed by atoms with Gasteiger partial charge in [-0.05, 0) is 17.5 Å². The van der Waals surface area contributed by atoms with E-state index >= 15 is 0 Å². The highest BCUT2D eigenvalue weighted by Crippen LogP contribution is 2.21. The molecular weight excluding hydrogens is 245 g/mol. The van der Waals surface area contributed by atoms with Crippen molar-refractivity contribution in [3.05, 3.63) is 47.8 Å². The van der Waals surface area contributed by atoms with Crippen LogP contribution in [0.3, 0.4) is 0 Å². The molecule has 0 heterocycles. The summed E-state index contributed by atoms with van der Waals surface area (Å²) in [6.45, 7) is 0.992. The summed E-state index contributed by atoms with van der Waals surface area (Å²) in [7, 11) is 1.61. The topological polar surface area (TPSA) is 59.6 Å². The molecule has 2 aromatic rings. The predicted molar refractivity (Wildman–Crippen MR) is 74.5 cm³/mol. The van der Waals surface area contributed by atoms with Crippen molar-refractivity contribution >= 4 is 16.6 Å². The molecule has 0 radical (unpaired) electrons. The van der Waals surface area contributed by atoms with Gasteiger partial charge in [0.1, 0.15) is 11.7 Å². The van der Waals surface area contributed by atoms with E-state index in [1.165, 1.54) is 6.07 Å². The number of benzene rings is 2. The lowest BCUT2D eigenvalue weighted by Crippen LogP contribution is -2.31. The van der Waals surface area contributed by atoms with Crippen LogP contribution in [0, 0.1) is 5.82 Å². The molecule has 5 heteroatoms. The smallest absolute Gasteiger partial charge is 0.143 e. The van der Waals surface area contributed by atoms with Crippen LogP contribution in [-0.2, 0) is 4.74 Å². The maximum atomic E-state index is 13.7. The molecule has 0 saturated heterocycles. The summed E-state index contributed by atoms with van der Waals surface area (Å²) in [6.07, 6.45) is 0. The third kappa shape index (κ3) is 2.89. The lowest BCUT2D eigenvalue weighted by Gasteiger charge is -2.10. The summed E-state index contributed by atoms with van der Waals surface area (Å²) >= 11 is 0. The van der Waals surface area contributed by atoms with E-state index in [1.807, 2.05) is 12.1 Å². The van der Waals surface area contributed by atoms with Gasteiger partial charge < -0.3 is 10.2 Å². The van der Waals surface area contributed by atoms with Gasteiger partial charge in [0, 0.05) is 18.1 Å². The average Bonchev–Trinajstić information content (AvgIpc) is 2.45. The molecule has 0 saturated carbocycles. The lowest BCUT2D eigenvalue weighted by molar-refractivity contribution is 0.208. The zero-order chi connectivity index (χ0) is 13.7. The van der Waals surface area contributed by atoms with E-state index in [4.69, 9.17) is 10.6 Å². The third-order valence-electron chi connectivity index (χ3n) is 2.83. The van der Waals surface area contributed by atoms with Gasteiger partial charge in [-0.1, -0.05) is 24.3 Å². The number of nitrogens with two attached hydrogens (primary N) is 1. The second-order valence-electron chi connectivity index (χ2n) is 4.01. The van der Waals surface area contributed by atoms with Crippen molar-refractivity contribution < 1.29 is 9.13 Å². The van der Waals surface area contributed by atoms with Gasteiger partial charge in [-0.15, -0.1) is 0 Å². The number of amidine groups is 1. The molecule has 4 nitrogen and oxygen atoms in total. The molecule has 0 bridgehead atoms. The van der Waals surface area contributed by atoms with Gasteiger partial charge in [0.05, 0.1) is 13.2 Å². The fourth-order valence-electron chi connectivity index (χ4n) is 1.93. The standard InChI is InChI=1S/C14H16FN3O/c1-19-9-8-17-14(18-16)12-6-7-13(15)11-5-3-2-4-10(11)12/h2-7H,8-9,16H2,1H3,(H,17,18). The van der Waals surface area contributed by atoms with Crippen molar-refractivity contribution in [1.29, 1.82) is 0 Å². The summed E-state index contributed by atoms with van der Waals surface area (Å²) in [6, 6.07) is 10.3. The fourth-order valence-corrected chi connectivity index (χ4v) is 1.93. The van der Waals surface area contributed by atoms with E-state index < -0.39 is 0 Å². The number of halogens is 1. The van der Waals surface area contributed by atoms with Gasteiger partial charge in [-0.25, -0.2) is 10.2 Å². The SMILES string of the molecule is COCCN=C(NN)c1ccc(F)c2ccccc12. The number of methoxy groups -OCH3 is 1. The Labute approximate surface area is 111 Å². The van der Waals surface area contributed by atoms with Gasteiger partial charge in [0.25, 0.3) is 0 Å². The Morgan fingerprint density at radius 3 is 2.68 bits per heavy atom. The highest BCUT2D eigenvalue weighted by Gasteiger charge is 2.09. The summed E-state index contributed by atoms with van der Waals surface area (Å²) in [5.74, 6) is 5.77. The zero-order valence-electron chi connectivity index (χ0n) is 10.7. The van der Waals surface area contributed by atoms with E-state index in [0.29, 0.717) is 24.4 Å². The van der Waals surface area contributed by atoms with Crippen LogP contribution >= 0.6 is 0 Å². The molecule has 2 aromatic carbocycles. The molecule has 0 unspecified atom stereocenters. The Morgan fingerprint density at radius 2 is 2.00 bits per heavy atom. The second kappa shape index (κ2) is 6.26. The molecule has 0 amide bonds. The van der Waals surface area contributed by atoms with E-state index in [9.17, 15) is 4.39 Å². The van der Waals surface area contributed by atoms with Crippen molar-refractivity contribution in [2.75, 3.05) is 20.3 Å². The number of nitrogens with one attached hydrogen (secondary N) is 1. The second-order valence-corrected chi connectivity index (χ2v) is 4.01. The largest absolute Gasteiger partial charge is 0.383 e. The highest BCUT2D eigenvalue weighted by molar-refractivity contribution is 6.09. The van der Waals surface area contributed by atoms with E-state index in [1.54, 1.807) is 25.3 Å². The minimum atomic E-state index is -0.257. The third-order valence-corrected chi connectivity index (χ3v) is 2.83. The average molecular weight is 261 g/mol. The molecule has 100 valence electrons.